The van der Waals surface area contributed by atoms with Gasteiger partial charge in [-0.2, -0.15) is 5.10 Å². The Morgan fingerprint density at radius 1 is 1.13 bits per heavy atom. The molecule has 0 spiro atoms. The fraction of sp³-hybridized carbons (Fsp3) is 0.286. The number of aryl methyl sites for hydroxylation is 3. The molecule has 1 amide bonds. The number of amides is 1. The van der Waals surface area contributed by atoms with Gasteiger partial charge in [-0.05, 0) is 49.7 Å². The van der Waals surface area contributed by atoms with Crippen LogP contribution in [0.4, 0.5) is 11.6 Å². The van der Waals surface area contributed by atoms with Crippen LogP contribution in [0.25, 0.3) is 22.5 Å². The first-order chi connectivity index (χ1) is 18.4. The SMILES string of the molecule is COc1cc(C(=O)NC2CN(C)C2)ccc1Nc1ncc2c(n1)-c1c(nn(C)c1-c1ccccc1Cl)CC2. The Morgan fingerprint density at radius 2 is 1.95 bits per heavy atom. The van der Waals surface area contributed by atoms with Crippen LogP contribution in [0.15, 0.2) is 48.7 Å². The van der Waals surface area contributed by atoms with Crippen molar-refractivity contribution >= 4 is 29.1 Å². The highest BCUT2D eigenvalue weighted by molar-refractivity contribution is 6.33. The summed E-state index contributed by atoms with van der Waals surface area (Å²) < 4.78 is 7.48. The molecule has 0 radical (unpaired) electrons. The van der Waals surface area contributed by atoms with Gasteiger partial charge in [-0.25, -0.2) is 9.97 Å². The van der Waals surface area contributed by atoms with E-state index in [-0.39, 0.29) is 11.9 Å². The first kappa shape index (κ1) is 24.4. The minimum atomic E-state index is -0.116. The van der Waals surface area contributed by atoms with Crippen molar-refractivity contribution in [2.45, 2.75) is 18.9 Å². The third-order valence-electron chi connectivity index (χ3n) is 7.09. The summed E-state index contributed by atoms with van der Waals surface area (Å²) in [5, 5.41) is 11.8. The predicted octanol–water partition coefficient (Wildman–Crippen LogP) is 4.09. The molecule has 1 saturated heterocycles. The maximum Gasteiger partial charge on any atom is 0.251 e. The number of nitrogens with zero attached hydrogens (tertiary/aromatic N) is 5. The highest BCUT2D eigenvalue weighted by Gasteiger charge is 2.28. The van der Waals surface area contributed by atoms with Gasteiger partial charge in [-0.3, -0.25) is 9.48 Å². The summed E-state index contributed by atoms with van der Waals surface area (Å²) in [7, 11) is 5.54. The highest BCUT2D eigenvalue weighted by Crippen LogP contribution is 2.41. The van der Waals surface area contributed by atoms with E-state index in [0.717, 1.165) is 59.7 Å². The van der Waals surface area contributed by atoms with Crippen molar-refractivity contribution in [2.24, 2.45) is 7.05 Å². The molecular weight excluding hydrogens is 502 g/mol. The lowest BCUT2D eigenvalue weighted by Crippen LogP contribution is -2.57. The molecule has 0 saturated carbocycles. The first-order valence-corrected chi connectivity index (χ1v) is 12.9. The zero-order valence-electron chi connectivity index (χ0n) is 21.5. The maximum atomic E-state index is 12.7. The number of carbonyl (C=O) groups excluding carboxylic acids is 1. The molecule has 6 rings (SSSR count). The number of anilines is 2. The van der Waals surface area contributed by atoms with E-state index in [1.54, 1.807) is 19.2 Å². The number of hydrogen-bond acceptors (Lipinski definition) is 7. The van der Waals surface area contributed by atoms with Crippen LogP contribution in [0.3, 0.4) is 0 Å². The number of benzene rings is 2. The van der Waals surface area contributed by atoms with Crippen LogP contribution < -0.4 is 15.4 Å². The van der Waals surface area contributed by atoms with Crippen molar-refractivity contribution in [3.8, 4) is 28.3 Å². The number of likely N-dealkylation sites (N-methyl/N-ethyl adjacent to an activating group) is 1. The van der Waals surface area contributed by atoms with E-state index in [9.17, 15) is 4.79 Å². The molecule has 2 N–H and O–H groups in total. The van der Waals surface area contributed by atoms with Gasteiger partial charge in [-0.15, -0.1) is 0 Å². The minimum absolute atomic E-state index is 0.116. The number of nitrogens with one attached hydrogen (secondary N) is 2. The number of aromatic nitrogens is 4. The maximum absolute atomic E-state index is 12.7. The molecule has 194 valence electrons. The van der Waals surface area contributed by atoms with Crippen LogP contribution in [0.1, 0.15) is 21.6 Å². The molecule has 9 nitrogen and oxygen atoms in total. The Kier molecular flexibility index (Phi) is 6.25. The fourth-order valence-electron chi connectivity index (χ4n) is 5.20. The van der Waals surface area contributed by atoms with Crippen molar-refractivity contribution < 1.29 is 9.53 Å². The number of ether oxygens (including phenoxy) is 1. The van der Waals surface area contributed by atoms with Crippen LogP contribution in [0.5, 0.6) is 5.75 Å². The summed E-state index contributed by atoms with van der Waals surface area (Å²) in [6.45, 7) is 1.71. The summed E-state index contributed by atoms with van der Waals surface area (Å²) in [5.74, 6) is 0.844. The Bertz CT molecular complexity index is 1540. The van der Waals surface area contributed by atoms with Gasteiger partial charge in [0.15, 0.2) is 0 Å². The van der Waals surface area contributed by atoms with Gasteiger partial charge in [0.2, 0.25) is 5.95 Å². The predicted molar refractivity (Wildman–Crippen MR) is 147 cm³/mol. The molecule has 3 heterocycles. The summed E-state index contributed by atoms with van der Waals surface area (Å²) >= 11 is 6.58. The third kappa shape index (κ3) is 4.37. The molecule has 0 unspecified atom stereocenters. The molecule has 1 fully saturated rings. The van der Waals surface area contributed by atoms with E-state index in [4.69, 9.17) is 26.4 Å². The van der Waals surface area contributed by atoms with E-state index in [2.05, 4.69) is 20.5 Å². The second kappa shape index (κ2) is 9.74. The molecule has 38 heavy (non-hydrogen) atoms. The second-order valence-electron chi connectivity index (χ2n) is 9.77. The summed E-state index contributed by atoms with van der Waals surface area (Å²) in [5.41, 5.74) is 6.92. The Balaban J connectivity index is 1.31. The number of likely N-dealkylation sites (tertiary alicyclic amines) is 1. The van der Waals surface area contributed by atoms with Gasteiger partial charge in [-0.1, -0.05) is 29.8 Å². The third-order valence-corrected chi connectivity index (χ3v) is 7.42. The van der Waals surface area contributed by atoms with Crippen LogP contribution in [-0.2, 0) is 19.9 Å². The molecular formula is C28H28ClN7O2. The van der Waals surface area contributed by atoms with Gasteiger partial charge < -0.3 is 20.3 Å². The molecule has 2 aromatic heterocycles. The lowest BCUT2D eigenvalue weighted by molar-refractivity contribution is 0.0857. The van der Waals surface area contributed by atoms with E-state index >= 15 is 0 Å². The molecule has 1 aliphatic carbocycles. The Hall–Kier alpha value is -3.95. The normalized spacial score (nSPS) is 14.8. The zero-order chi connectivity index (χ0) is 26.4. The van der Waals surface area contributed by atoms with Gasteiger partial charge in [0.1, 0.15) is 5.75 Å². The fourth-order valence-corrected chi connectivity index (χ4v) is 5.43. The number of methoxy groups -OCH3 is 1. The van der Waals surface area contributed by atoms with Crippen LogP contribution in [0, 0.1) is 0 Å². The van der Waals surface area contributed by atoms with Crippen LogP contribution in [0.2, 0.25) is 5.02 Å². The number of hydrogen-bond donors (Lipinski definition) is 2. The standard InChI is InChI=1S/C28H28ClN7O2/c1-35-14-18(15-35)31-27(37)16-8-10-21(23(12-16)38-3)32-28-30-13-17-9-11-22-24(25(17)33-28)26(36(2)34-22)19-6-4-5-7-20(19)29/h4-8,10,12-13,18H,9,11,14-15H2,1-3H3,(H,31,37)(H,30,32,33). The van der Waals surface area contributed by atoms with Gasteiger partial charge >= 0.3 is 0 Å². The molecule has 2 aliphatic rings. The molecule has 10 heteroatoms. The number of fused-ring (bicyclic) bond motifs is 3. The molecule has 1 aliphatic heterocycles. The monoisotopic (exact) mass is 529 g/mol. The first-order valence-electron chi connectivity index (χ1n) is 12.5. The highest BCUT2D eigenvalue weighted by atomic mass is 35.5. The number of carbonyl (C=O) groups is 1. The van der Waals surface area contributed by atoms with Crippen molar-refractivity contribution in [1.29, 1.82) is 0 Å². The van der Waals surface area contributed by atoms with E-state index in [1.165, 1.54) is 0 Å². The largest absolute Gasteiger partial charge is 0.495 e. The topological polar surface area (TPSA) is 97.2 Å². The number of halogens is 1. The van der Waals surface area contributed by atoms with E-state index < -0.39 is 0 Å². The quantitative estimate of drug-likeness (QED) is 0.388. The van der Waals surface area contributed by atoms with Crippen LogP contribution >= 0.6 is 11.6 Å². The van der Waals surface area contributed by atoms with Gasteiger partial charge in [0.05, 0.1) is 35.9 Å². The zero-order valence-corrected chi connectivity index (χ0v) is 22.2. The molecule has 0 bridgehead atoms. The van der Waals surface area contributed by atoms with Gasteiger partial charge in [0.25, 0.3) is 5.91 Å². The van der Waals surface area contributed by atoms with Gasteiger partial charge in [0, 0.05) is 48.0 Å². The second-order valence-corrected chi connectivity index (χ2v) is 10.2. The number of rotatable bonds is 6. The molecule has 0 atom stereocenters. The van der Waals surface area contributed by atoms with Crippen molar-refractivity contribution in [2.75, 3.05) is 32.6 Å². The van der Waals surface area contributed by atoms with Crippen molar-refractivity contribution in [3.05, 3.63) is 70.5 Å². The lowest BCUT2D eigenvalue weighted by Gasteiger charge is -2.36. The summed E-state index contributed by atoms with van der Waals surface area (Å²) in [6.07, 6.45) is 3.48. The molecule has 4 aromatic rings. The van der Waals surface area contributed by atoms with E-state index in [0.29, 0.717) is 28.0 Å². The Labute approximate surface area is 225 Å². The smallest absolute Gasteiger partial charge is 0.251 e. The van der Waals surface area contributed by atoms with E-state index in [1.807, 2.05) is 55.3 Å². The van der Waals surface area contributed by atoms with Crippen molar-refractivity contribution in [1.82, 2.24) is 30.0 Å². The average molecular weight is 530 g/mol. The lowest BCUT2D eigenvalue weighted by atomic mass is 9.91. The Morgan fingerprint density at radius 3 is 2.71 bits per heavy atom. The van der Waals surface area contributed by atoms with Crippen LogP contribution in [-0.4, -0.2) is 63.8 Å². The average Bonchev–Trinajstić information content (AvgIpc) is 3.24. The summed E-state index contributed by atoms with van der Waals surface area (Å²) in [4.78, 5) is 24.3. The summed E-state index contributed by atoms with van der Waals surface area (Å²) in [6, 6.07) is 13.3. The minimum Gasteiger partial charge on any atom is -0.495 e. The molecule has 2 aromatic carbocycles. The van der Waals surface area contributed by atoms with Crippen molar-refractivity contribution in [3.63, 3.8) is 0 Å².